The number of phenols is 1. The van der Waals surface area contributed by atoms with Crippen molar-refractivity contribution >= 4 is 5.78 Å². The molecule has 3 nitrogen and oxygen atoms in total. The zero-order valence-electron chi connectivity index (χ0n) is 8.48. The van der Waals surface area contributed by atoms with Gasteiger partial charge >= 0.3 is 0 Å². The first-order chi connectivity index (χ1) is 7.27. The van der Waals surface area contributed by atoms with Gasteiger partial charge in [0.1, 0.15) is 0 Å². The minimum absolute atomic E-state index is 0.0934. The fraction of sp³-hybridized carbons (Fsp3) is 0.417. The highest BCUT2D eigenvalue weighted by Gasteiger charge is 2.24. The Hall–Kier alpha value is -1.51. The van der Waals surface area contributed by atoms with Gasteiger partial charge in [-0.1, -0.05) is 12.1 Å². The number of phenolic OH excluding ortho intramolecular Hbond substituents is 1. The van der Waals surface area contributed by atoms with Crippen molar-refractivity contribution in [2.24, 2.45) is 0 Å². The van der Waals surface area contributed by atoms with Crippen LogP contribution in [-0.2, 0) is 4.79 Å². The molecule has 1 aromatic carbocycles. The molecular formula is C12H14O3. The molecule has 1 atom stereocenters. The van der Waals surface area contributed by atoms with Crippen LogP contribution in [0.1, 0.15) is 25.7 Å². The van der Waals surface area contributed by atoms with E-state index in [1.165, 1.54) is 0 Å². The monoisotopic (exact) mass is 206 g/mol. The van der Waals surface area contributed by atoms with E-state index < -0.39 is 0 Å². The standard InChI is InChI=1S/C12H14O3/c13-9-5-1-3-7-11(9)15-12-8-4-2-6-10(12)14/h1,3,5,7,12-13H,2,4,6,8H2. The number of para-hydroxylation sites is 2. The quantitative estimate of drug-likeness (QED) is 0.807. The molecule has 2 rings (SSSR count). The molecule has 0 saturated heterocycles. The number of aromatic hydroxyl groups is 1. The predicted molar refractivity (Wildman–Crippen MR) is 56.0 cm³/mol. The second-order valence-electron chi connectivity index (χ2n) is 3.79. The molecule has 1 unspecified atom stereocenters. The van der Waals surface area contributed by atoms with Crippen molar-refractivity contribution in [2.75, 3.05) is 0 Å². The summed E-state index contributed by atoms with van der Waals surface area (Å²) in [4.78, 5) is 11.5. The van der Waals surface area contributed by atoms with Gasteiger partial charge in [-0.25, -0.2) is 0 Å². The number of carbonyl (C=O) groups is 1. The molecule has 0 spiro atoms. The lowest BCUT2D eigenvalue weighted by atomic mass is 9.96. The summed E-state index contributed by atoms with van der Waals surface area (Å²) < 4.78 is 5.50. The number of benzene rings is 1. The van der Waals surface area contributed by atoms with Gasteiger partial charge in [-0.3, -0.25) is 4.79 Å². The minimum Gasteiger partial charge on any atom is -0.504 e. The molecule has 0 aromatic heterocycles. The van der Waals surface area contributed by atoms with Crippen LogP contribution in [0.5, 0.6) is 11.5 Å². The zero-order valence-corrected chi connectivity index (χ0v) is 8.48. The molecule has 80 valence electrons. The number of rotatable bonds is 2. The third kappa shape index (κ3) is 2.29. The molecule has 1 aliphatic rings. The van der Waals surface area contributed by atoms with E-state index in [2.05, 4.69) is 0 Å². The first-order valence-corrected chi connectivity index (χ1v) is 5.25. The first kappa shape index (κ1) is 10.0. The number of ketones is 1. The van der Waals surface area contributed by atoms with E-state index in [1.54, 1.807) is 24.3 Å². The van der Waals surface area contributed by atoms with Crippen LogP contribution in [0.25, 0.3) is 0 Å². The largest absolute Gasteiger partial charge is 0.504 e. The molecule has 0 bridgehead atoms. The maximum atomic E-state index is 11.5. The Morgan fingerprint density at radius 3 is 2.80 bits per heavy atom. The SMILES string of the molecule is O=C1CCCCC1Oc1ccccc1O. The number of ether oxygens (including phenoxy) is 1. The fourth-order valence-corrected chi connectivity index (χ4v) is 1.79. The van der Waals surface area contributed by atoms with E-state index in [1.807, 2.05) is 0 Å². The van der Waals surface area contributed by atoms with Gasteiger partial charge in [0.2, 0.25) is 0 Å². The Kier molecular flexibility index (Phi) is 2.90. The average Bonchev–Trinajstić information content (AvgIpc) is 2.24. The molecule has 0 heterocycles. The summed E-state index contributed by atoms with van der Waals surface area (Å²) in [6, 6.07) is 6.74. The Labute approximate surface area is 88.7 Å². The summed E-state index contributed by atoms with van der Waals surface area (Å²) in [5, 5.41) is 9.49. The summed E-state index contributed by atoms with van der Waals surface area (Å²) in [6.45, 7) is 0. The molecule has 15 heavy (non-hydrogen) atoms. The Morgan fingerprint density at radius 2 is 2.07 bits per heavy atom. The van der Waals surface area contributed by atoms with E-state index in [-0.39, 0.29) is 17.6 Å². The van der Waals surface area contributed by atoms with E-state index in [0.717, 1.165) is 19.3 Å². The van der Waals surface area contributed by atoms with Gasteiger partial charge in [-0.2, -0.15) is 0 Å². The van der Waals surface area contributed by atoms with Gasteiger partial charge in [-0.15, -0.1) is 0 Å². The second-order valence-corrected chi connectivity index (χ2v) is 3.79. The van der Waals surface area contributed by atoms with Crippen molar-refractivity contribution in [3.8, 4) is 11.5 Å². The maximum absolute atomic E-state index is 11.5. The third-order valence-corrected chi connectivity index (χ3v) is 2.63. The van der Waals surface area contributed by atoms with Crippen LogP contribution in [-0.4, -0.2) is 17.0 Å². The van der Waals surface area contributed by atoms with Crippen LogP contribution >= 0.6 is 0 Å². The van der Waals surface area contributed by atoms with E-state index in [0.29, 0.717) is 12.2 Å². The lowest BCUT2D eigenvalue weighted by Gasteiger charge is -2.22. The highest BCUT2D eigenvalue weighted by Crippen LogP contribution is 2.28. The van der Waals surface area contributed by atoms with Crippen LogP contribution in [0.4, 0.5) is 0 Å². The molecule has 3 heteroatoms. The lowest BCUT2D eigenvalue weighted by Crippen LogP contribution is -2.30. The Morgan fingerprint density at radius 1 is 1.27 bits per heavy atom. The number of hydrogen-bond donors (Lipinski definition) is 1. The Balaban J connectivity index is 2.08. The van der Waals surface area contributed by atoms with Crippen molar-refractivity contribution in [1.82, 2.24) is 0 Å². The van der Waals surface area contributed by atoms with Crippen molar-refractivity contribution in [3.63, 3.8) is 0 Å². The van der Waals surface area contributed by atoms with Crippen molar-refractivity contribution < 1.29 is 14.6 Å². The molecule has 1 fully saturated rings. The molecule has 1 aromatic rings. The molecular weight excluding hydrogens is 192 g/mol. The average molecular weight is 206 g/mol. The summed E-state index contributed by atoms with van der Waals surface area (Å²) in [7, 11) is 0. The topological polar surface area (TPSA) is 46.5 Å². The van der Waals surface area contributed by atoms with Crippen LogP contribution in [0.15, 0.2) is 24.3 Å². The molecule has 0 aliphatic heterocycles. The van der Waals surface area contributed by atoms with Gasteiger partial charge in [0.25, 0.3) is 0 Å². The van der Waals surface area contributed by atoms with Gasteiger partial charge in [0.15, 0.2) is 23.4 Å². The molecule has 0 radical (unpaired) electrons. The van der Waals surface area contributed by atoms with Crippen LogP contribution in [0.2, 0.25) is 0 Å². The summed E-state index contributed by atoms with van der Waals surface area (Å²) in [5.74, 6) is 0.637. The normalized spacial score (nSPS) is 21.3. The maximum Gasteiger partial charge on any atom is 0.173 e. The second kappa shape index (κ2) is 4.34. The number of hydrogen-bond acceptors (Lipinski definition) is 3. The van der Waals surface area contributed by atoms with Crippen molar-refractivity contribution in [2.45, 2.75) is 31.8 Å². The van der Waals surface area contributed by atoms with E-state index in [4.69, 9.17) is 4.74 Å². The van der Waals surface area contributed by atoms with Crippen LogP contribution in [0.3, 0.4) is 0 Å². The van der Waals surface area contributed by atoms with E-state index >= 15 is 0 Å². The number of carbonyl (C=O) groups excluding carboxylic acids is 1. The number of Topliss-reactive ketones (excluding diaryl/α,β-unsaturated/α-hetero) is 1. The van der Waals surface area contributed by atoms with E-state index in [9.17, 15) is 9.90 Å². The molecule has 1 aliphatic carbocycles. The lowest BCUT2D eigenvalue weighted by molar-refractivity contribution is -0.127. The molecule has 1 N–H and O–H groups in total. The fourth-order valence-electron chi connectivity index (χ4n) is 1.79. The van der Waals surface area contributed by atoms with Gasteiger partial charge in [-0.05, 0) is 31.4 Å². The Bertz CT molecular complexity index is 360. The first-order valence-electron chi connectivity index (χ1n) is 5.25. The van der Waals surface area contributed by atoms with Crippen LogP contribution in [0, 0.1) is 0 Å². The third-order valence-electron chi connectivity index (χ3n) is 2.63. The smallest absolute Gasteiger partial charge is 0.173 e. The zero-order chi connectivity index (χ0) is 10.7. The van der Waals surface area contributed by atoms with Crippen molar-refractivity contribution in [3.05, 3.63) is 24.3 Å². The predicted octanol–water partition coefficient (Wildman–Crippen LogP) is 2.28. The summed E-state index contributed by atoms with van der Waals surface area (Å²) in [6.07, 6.45) is 2.96. The van der Waals surface area contributed by atoms with Gasteiger partial charge in [0.05, 0.1) is 0 Å². The summed E-state index contributed by atoms with van der Waals surface area (Å²) in [5.41, 5.74) is 0. The minimum atomic E-state index is -0.368. The highest BCUT2D eigenvalue weighted by molar-refractivity contribution is 5.84. The van der Waals surface area contributed by atoms with Crippen molar-refractivity contribution in [1.29, 1.82) is 0 Å². The van der Waals surface area contributed by atoms with Crippen LogP contribution < -0.4 is 4.74 Å². The highest BCUT2D eigenvalue weighted by atomic mass is 16.5. The van der Waals surface area contributed by atoms with Gasteiger partial charge < -0.3 is 9.84 Å². The van der Waals surface area contributed by atoms with Gasteiger partial charge in [0, 0.05) is 6.42 Å². The molecule has 1 saturated carbocycles. The molecule has 0 amide bonds. The summed E-state index contributed by atoms with van der Waals surface area (Å²) >= 11 is 0.